The molecule has 0 atom stereocenters. The minimum Gasteiger partial charge on any atom is -0.496 e. The second-order valence-electron chi connectivity index (χ2n) is 5.45. The fourth-order valence-corrected chi connectivity index (χ4v) is 3.03. The zero-order valence-corrected chi connectivity index (χ0v) is 13.2. The Morgan fingerprint density at radius 1 is 1.35 bits per heavy atom. The highest BCUT2D eigenvalue weighted by atomic mass is 35.5. The number of piperidine rings is 1. The highest BCUT2D eigenvalue weighted by molar-refractivity contribution is 6.31. The third kappa shape index (κ3) is 4.11. The molecule has 0 aliphatic carbocycles. The minimum atomic E-state index is 0.805. The van der Waals surface area contributed by atoms with E-state index in [2.05, 4.69) is 17.1 Å². The fourth-order valence-electron chi connectivity index (χ4n) is 2.80. The lowest BCUT2D eigenvalue weighted by atomic mass is 9.96. The molecule has 1 aliphatic heterocycles. The van der Waals surface area contributed by atoms with E-state index in [0.717, 1.165) is 55.0 Å². The van der Waals surface area contributed by atoms with E-state index < -0.39 is 0 Å². The molecular formula is C16H25ClN2O. The van der Waals surface area contributed by atoms with E-state index in [-0.39, 0.29) is 0 Å². The van der Waals surface area contributed by atoms with Gasteiger partial charge in [-0.05, 0) is 57.1 Å². The van der Waals surface area contributed by atoms with Crippen LogP contribution in [0.25, 0.3) is 0 Å². The monoisotopic (exact) mass is 296 g/mol. The number of benzene rings is 1. The smallest absolute Gasteiger partial charge is 0.124 e. The maximum Gasteiger partial charge on any atom is 0.124 e. The van der Waals surface area contributed by atoms with Gasteiger partial charge in [0.25, 0.3) is 0 Å². The highest BCUT2D eigenvalue weighted by Crippen LogP contribution is 2.29. The first-order valence-corrected chi connectivity index (χ1v) is 7.86. The first-order valence-electron chi connectivity index (χ1n) is 7.49. The number of likely N-dealkylation sites (tertiary alicyclic amines) is 1. The lowest BCUT2D eigenvalue weighted by Gasteiger charge is -2.32. The van der Waals surface area contributed by atoms with Crippen molar-refractivity contribution in [2.45, 2.75) is 26.3 Å². The van der Waals surface area contributed by atoms with Gasteiger partial charge in [-0.1, -0.05) is 24.6 Å². The lowest BCUT2D eigenvalue weighted by Crippen LogP contribution is -2.37. The van der Waals surface area contributed by atoms with Crippen molar-refractivity contribution in [2.24, 2.45) is 5.92 Å². The van der Waals surface area contributed by atoms with E-state index in [1.54, 1.807) is 7.11 Å². The Morgan fingerprint density at radius 2 is 2.10 bits per heavy atom. The maximum atomic E-state index is 6.31. The predicted molar refractivity (Wildman–Crippen MR) is 84.5 cm³/mol. The van der Waals surface area contributed by atoms with Gasteiger partial charge in [-0.3, -0.25) is 4.90 Å². The Kier molecular flexibility index (Phi) is 6.14. The van der Waals surface area contributed by atoms with Crippen LogP contribution in [0.15, 0.2) is 18.2 Å². The summed E-state index contributed by atoms with van der Waals surface area (Å²) in [5.41, 5.74) is 1.11. The zero-order valence-electron chi connectivity index (χ0n) is 12.5. The Hall–Kier alpha value is -0.770. The van der Waals surface area contributed by atoms with Crippen molar-refractivity contribution < 1.29 is 4.74 Å². The molecule has 3 nitrogen and oxygen atoms in total. The van der Waals surface area contributed by atoms with Crippen LogP contribution < -0.4 is 10.1 Å². The molecule has 1 saturated heterocycles. The van der Waals surface area contributed by atoms with Crippen LogP contribution in [0.4, 0.5) is 0 Å². The Balaban J connectivity index is 1.89. The number of ether oxygens (including phenoxy) is 1. The Labute approximate surface area is 127 Å². The molecule has 0 aromatic heterocycles. The molecule has 4 heteroatoms. The number of hydrogen-bond acceptors (Lipinski definition) is 3. The van der Waals surface area contributed by atoms with E-state index in [1.165, 1.54) is 12.8 Å². The third-order valence-corrected chi connectivity index (χ3v) is 4.42. The summed E-state index contributed by atoms with van der Waals surface area (Å²) in [4.78, 5) is 2.48. The van der Waals surface area contributed by atoms with Crippen molar-refractivity contribution in [1.29, 1.82) is 0 Å². The van der Waals surface area contributed by atoms with E-state index >= 15 is 0 Å². The van der Waals surface area contributed by atoms with E-state index in [4.69, 9.17) is 16.3 Å². The van der Waals surface area contributed by atoms with Crippen molar-refractivity contribution >= 4 is 11.6 Å². The normalized spacial score (nSPS) is 17.4. The standard InChI is InChI=1S/C16H25ClN2O/c1-3-18-11-13-7-9-19(10-8-13)12-14-15(17)5-4-6-16(14)20-2/h4-6,13,18H,3,7-12H2,1-2H3. The number of methoxy groups -OCH3 is 1. The molecule has 1 aromatic carbocycles. The number of nitrogens with zero attached hydrogens (tertiary/aromatic N) is 1. The van der Waals surface area contributed by atoms with Crippen LogP contribution in [-0.4, -0.2) is 38.2 Å². The molecule has 0 radical (unpaired) electrons. The average molecular weight is 297 g/mol. The van der Waals surface area contributed by atoms with Crippen LogP contribution in [0.3, 0.4) is 0 Å². The van der Waals surface area contributed by atoms with Gasteiger partial charge in [0.2, 0.25) is 0 Å². The number of halogens is 1. The molecule has 0 bridgehead atoms. The summed E-state index contributed by atoms with van der Waals surface area (Å²) < 4.78 is 5.42. The van der Waals surface area contributed by atoms with Crippen molar-refractivity contribution in [3.05, 3.63) is 28.8 Å². The Morgan fingerprint density at radius 3 is 2.75 bits per heavy atom. The molecule has 20 heavy (non-hydrogen) atoms. The highest BCUT2D eigenvalue weighted by Gasteiger charge is 2.20. The van der Waals surface area contributed by atoms with Crippen molar-refractivity contribution in [1.82, 2.24) is 10.2 Å². The molecular weight excluding hydrogens is 272 g/mol. The van der Waals surface area contributed by atoms with Gasteiger partial charge in [0.15, 0.2) is 0 Å². The largest absolute Gasteiger partial charge is 0.496 e. The van der Waals surface area contributed by atoms with Crippen LogP contribution in [0.1, 0.15) is 25.3 Å². The average Bonchev–Trinajstić information content (AvgIpc) is 2.48. The summed E-state index contributed by atoms with van der Waals surface area (Å²) in [6.07, 6.45) is 2.53. The number of rotatable bonds is 6. The van der Waals surface area contributed by atoms with Gasteiger partial charge in [-0.2, -0.15) is 0 Å². The molecule has 1 fully saturated rings. The van der Waals surface area contributed by atoms with Gasteiger partial charge in [0, 0.05) is 17.1 Å². The third-order valence-electron chi connectivity index (χ3n) is 4.07. The van der Waals surface area contributed by atoms with E-state index in [1.807, 2.05) is 18.2 Å². The van der Waals surface area contributed by atoms with Crippen LogP contribution in [-0.2, 0) is 6.54 Å². The summed E-state index contributed by atoms with van der Waals surface area (Å²) in [5, 5.41) is 4.25. The van der Waals surface area contributed by atoms with Crippen LogP contribution in [0, 0.1) is 5.92 Å². The summed E-state index contributed by atoms with van der Waals surface area (Å²) in [7, 11) is 1.71. The summed E-state index contributed by atoms with van der Waals surface area (Å²) in [6, 6.07) is 5.86. The molecule has 2 rings (SSSR count). The van der Waals surface area contributed by atoms with Crippen LogP contribution >= 0.6 is 11.6 Å². The van der Waals surface area contributed by atoms with Gasteiger partial charge in [0.1, 0.15) is 5.75 Å². The second-order valence-corrected chi connectivity index (χ2v) is 5.86. The summed E-state index contributed by atoms with van der Waals surface area (Å²) in [6.45, 7) is 7.56. The number of hydrogen-bond donors (Lipinski definition) is 1. The number of nitrogens with one attached hydrogen (secondary N) is 1. The van der Waals surface area contributed by atoms with E-state index in [0.29, 0.717) is 0 Å². The van der Waals surface area contributed by atoms with Gasteiger partial charge >= 0.3 is 0 Å². The predicted octanol–water partition coefficient (Wildman–Crippen LogP) is 3.17. The quantitative estimate of drug-likeness (QED) is 0.873. The van der Waals surface area contributed by atoms with Gasteiger partial charge in [0.05, 0.1) is 7.11 Å². The van der Waals surface area contributed by atoms with Crippen molar-refractivity contribution in [3.8, 4) is 5.75 Å². The Bertz CT molecular complexity index is 417. The van der Waals surface area contributed by atoms with E-state index in [9.17, 15) is 0 Å². The van der Waals surface area contributed by atoms with Gasteiger partial charge in [-0.15, -0.1) is 0 Å². The molecule has 112 valence electrons. The first-order chi connectivity index (χ1) is 9.74. The summed E-state index contributed by atoms with van der Waals surface area (Å²) in [5.74, 6) is 1.71. The van der Waals surface area contributed by atoms with Crippen molar-refractivity contribution in [3.63, 3.8) is 0 Å². The molecule has 1 aromatic rings. The molecule has 0 spiro atoms. The maximum absolute atomic E-state index is 6.31. The molecule has 0 saturated carbocycles. The molecule has 0 unspecified atom stereocenters. The lowest BCUT2D eigenvalue weighted by molar-refractivity contribution is 0.174. The van der Waals surface area contributed by atoms with Crippen LogP contribution in [0.2, 0.25) is 5.02 Å². The van der Waals surface area contributed by atoms with Crippen LogP contribution in [0.5, 0.6) is 5.75 Å². The fraction of sp³-hybridized carbons (Fsp3) is 0.625. The van der Waals surface area contributed by atoms with Gasteiger partial charge < -0.3 is 10.1 Å². The zero-order chi connectivity index (χ0) is 14.4. The van der Waals surface area contributed by atoms with Gasteiger partial charge in [-0.25, -0.2) is 0 Å². The molecule has 1 heterocycles. The second kappa shape index (κ2) is 7.87. The minimum absolute atomic E-state index is 0.805. The topological polar surface area (TPSA) is 24.5 Å². The van der Waals surface area contributed by atoms with Crippen molar-refractivity contribution in [2.75, 3.05) is 33.3 Å². The first kappa shape index (κ1) is 15.6. The molecule has 0 amide bonds. The SMILES string of the molecule is CCNCC1CCN(Cc2c(Cl)cccc2OC)CC1. The molecule has 1 N–H and O–H groups in total. The summed E-state index contributed by atoms with van der Waals surface area (Å²) >= 11 is 6.31. The molecule has 1 aliphatic rings.